The summed E-state index contributed by atoms with van der Waals surface area (Å²) in [5.41, 5.74) is 0. The lowest BCUT2D eigenvalue weighted by Crippen LogP contribution is -2.47. The number of aliphatic carboxylic acids is 1. The molecule has 8 heteroatoms. The lowest BCUT2D eigenvalue weighted by atomic mass is 10.2. The Bertz CT molecular complexity index is 654. The minimum Gasteiger partial charge on any atom is -0.480 e. The Morgan fingerprint density at radius 2 is 2.40 bits per heavy atom. The monoisotopic (exact) mass is 356 g/mol. The Hall–Kier alpha value is -1.25. The van der Waals surface area contributed by atoms with Crippen LogP contribution in [0.1, 0.15) is 16.5 Å². The van der Waals surface area contributed by atoms with Crippen molar-refractivity contribution in [1.29, 1.82) is 0 Å². The fourth-order valence-electron chi connectivity index (χ4n) is 2.38. The van der Waals surface area contributed by atoms with E-state index in [0.29, 0.717) is 19.6 Å². The number of carbonyl (C=O) groups is 1. The van der Waals surface area contributed by atoms with Crippen LogP contribution in [-0.4, -0.2) is 36.8 Å². The van der Waals surface area contributed by atoms with Crippen LogP contribution >= 0.6 is 27.3 Å². The second-order valence-corrected chi connectivity index (χ2v) is 6.58. The summed E-state index contributed by atoms with van der Waals surface area (Å²) >= 11 is 5.11. The number of hydrogen-bond acceptors (Lipinski definition) is 5. The molecule has 0 saturated carbocycles. The van der Waals surface area contributed by atoms with Gasteiger partial charge in [-0.25, -0.2) is 0 Å². The molecule has 2 aromatic heterocycles. The number of thiophene rings is 1. The highest BCUT2D eigenvalue weighted by atomic mass is 79.9. The molecule has 0 radical (unpaired) electrons. The molecule has 2 aromatic rings. The zero-order chi connectivity index (χ0) is 14.3. The van der Waals surface area contributed by atoms with Crippen LogP contribution in [0.15, 0.2) is 15.9 Å². The SMILES string of the molecule is Cc1nnc2n1CC(C(=O)O)N(Cc1sccc1Br)C2. The van der Waals surface area contributed by atoms with Crippen LogP contribution in [0.5, 0.6) is 0 Å². The Morgan fingerprint density at radius 1 is 1.60 bits per heavy atom. The number of aromatic nitrogens is 3. The summed E-state index contributed by atoms with van der Waals surface area (Å²) in [5.74, 6) is 0.785. The molecule has 0 saturated heterocycles. The van der Waals surface area contributed by atoms with Crippen LogP contribution in [0.2, 0.25) is 0 Å². The highest BCUT2D eigenvalue weighted by Crippen LogP contribution is 2.27. The van der Waals surface area contributed by atoms with E-state index in [1.54, 1.807) is 11.3 Å². The predicted octanol–water partition coefficient (Wildman–Crippen LogP) is 1.88. The zero-order valence-corrected chi connectivity index (χ0v) is 13.2. The molecule has 1 aliphatic rings. The fourth-order valence-corrected chi connectivity index (χ4v) is 3.88. The van der Waals surface area contributed by atoms with Gasteiger partial charge in [-0.3, -0.25) is 9.69 Å². The molecule has 1 aliphatic heterocycles. The maximum Gasteiger partial charge on any atom is 0.322 e. The van der Waals surface area contributed by atoms with E-state index in [0.717, 1.165) is 21.0 Å². The van der Waals surface area contributed by atoms with Crippen molar-refractivity contribution in [3.63, 3.8) is 0 Å². The van der Waals surface area contributed by atoms with Crippen LogP contribution < -0.4 is 0 Å². The van der Waals surface area contributed by atoms with Crippen molar-refractivity contribution in [1.82, 2.24) is 19.7 Å². The quantitative estimate of drug-likeness (QED) is 0.908. The molecule has 20 heavy (non-hydrogen) atoms. The Morgan fingerprint density at radius 3 is 3.05 bits per heavy atom. The standard InChI is InChI=1S/C12H13BrN4O2S/c1-7-14-15-11-6-16(5-10-8(13)2-3-20-10)9(12(18)19)4-17(7)11/h2-3,9H,4-6H2,1H3,(H,18,19). The van der Waals surface area contributed by atoms with Gasteiger partial charge in [0, 0.05) is 15.9 Å². The minimum absolute atomic E-state index is 0.395. The van der Waals surface area contributed by atoms with Gasteiger partial charge in [-0.1, -0.05) is 0 Å². The molecule has 106 valence electrons. The summed E-state index contributed by atoms with van der Waals surface area (Å²) < 4.78 is 2.91. The van der Waals surface area contributed by atoms with Gasteiger partial charge in [-0.2, -0.15) is 0 Å². The van der Waals surface area contributed by atoms with E-state index in [4.69, 9.17) is 0 Å². The molecule has 3 heterocycles. The van der Waals surface area contributed by atoms with Gasteiger partial charge in [0.2, 0.25) is 0 Å². The summed E-state index contributed by atoms with van der Waals surface area (Å²) in [6.45, 7) is 3.34. The molecular formula is C12H13BrN4O2S. The highest BCUT2D eigenvalue weighted by molar-refractivity contribution is 9.10. The molecule has 0 aromatic carbocycles. The second-order valence-electron chi connectivity index (χ2n) is 4.72. The molecule has 1 atom stereocenters. The van der Waals surface area contributed by atoms with E-state index in [1.165, 1.54) is 0 Å². The van der Waals surface area contributed by atoms with Crippen LogP contribution in [0.3, 0.4) is 0 Å². The number of nitrogens with zero attached hydrogens (tertiary/aromatic N) is 4. The Balaban J connectivity index is 1.89. The highest BCUT2D eigenvalue weighted by Gasteiger charge is 2.33. The van der Waals surface area contributed by atoms with E-state index in [2.05, 4.69) is 26.1 Å². The lowest BCUT2D eigenvalue weighted by molar-refractivity contribution is -0.145. The molecule has 0 aliphatic carbocycles. The lowest BCUT2D eigenvalue weighted by Gasteiger charge is -2.33. The second kappa shape index (κ2) is 5.27. The average Bonchev–Trinajstić information content (AvgIpc) is 2.96. The first kappa shape index (κ1) is 13.7. The van der Waals surface area contributed by atoms with Crippen molar-refractivity contribution >= 4 is 33.2 Å². The first-order chi connectivity index (χ1) is 9.56. The zero-order valence-electron chi connectivity index (χ0n) is 10.8. The van der Waals surface area contributed by atoms with E-state index >= 15 is 0 Å². The summed E-state index contributed by atoms with van der Waals surface area (Å²) in [6.07, 6.45) is 0. The van der Waals surface area contributed by atoms with Crippen LogP contribution in [0, 0.1) is 6.92 Å². The third-order valence-corrected chi connectivity index (χ3v) is 5.39. The molecule has 6 nitrogen and oxygen atoms in total. The van der Waals surface area contributed by atoms with Gasteiger partial charge in [-0.15, -0.1) is 21.5 Å². The average molecular weight is 357 g/mol. The third-order valence-electron chi connectivity index (χ3n) is 3.48. The van der Waals surface area contributed by atoms with Crippen molar-refractivity contribution in [2.45, 2.75) is 32.6 Å². The van der Waals surface area contributed by atoms with Gasteiger partial charge in [0.25, 0.3) is 0 Å². The summed E-state index contributed by atoms with van der Waals surface area (Å²) in [4.78, 5) is 14.6. The molecule has 0 bridgehead atoms. The first-order valence-electron chi connectivity index (χ1n) is 6.13. The number of rotatable bonds is 3. The van der Waals surface area contributed by atoms with Gasteiger partial charge < -0.3 is 9.67 Å². The van der Waals surface area contributed by atoms with Gasteiger partial charge in [0.1, 0.15) is 17.7 Å². The number of carboxylic acids is 1. The summed E-state index contributed by atoms with van der Waals surface area (Å²) in [6, 6.07) is 1.43. The van der Waals surface area contributed by atoms with Crippen molar-refractivity contribution in [2.75, 3.05) is 0 Å². The van der Waals surface area contributed by atoms with Gasteiger partial charge >= 0.3 is 5.97 Å². The Kier molecular flexibility index (Phi) is 3.61. The maximum absolute atomic E-state index is 11.5. The topological polar surface area (TPSA) is 71.2 Å². The fraction of sp³-hybridized carbons (Fsp3) is 0.417. The van der Waals surface area contributed by atoms with Crippen LogP contribution in [0.4, 0.5) is 0 Å². The summed E-state index contributed by atoms with van der Waals surface area (Å²) in [5, 5.41) is 19.6. The van der Waals surface area contributed by atoms with Gasteiger partial charge in [-0.05, 0) is 34.3 Å². The molecule has 0 amide bonds. The van der Waals surface area contributed by atoms with E-state index < -0.39 is 12.0 Å². The van der Waals surface area contributed by atoms with Gasteiger partial charge in [0.05, 0.1) is 13.1 Å². The number of hydrogen-bond donors (Lipinski definition) is 1. The van der Waals surface area contributed by atoms with Crippen molar-refractivity contribution in [3.8, 4) is 0 Å². The molecule has 1 unspecified atom stereocenters. The third kappa shape index (κ3) is 2.38. The Labute approximate surface area is 128 Å². The van der Waals surface area contributed by atoms with E-state index in [1.807, 2.05) is 27.8 Å². The number of carboxylic acid groups (broad SMARTS) is 1. The normalized spacial score (nSPS) is 19.0. The van der Waals surface area contributed by atoms with E-state index in [9.17, 15) is 9.90 Å². The van der Waals surface area contributed by atoms with Crippen LogP contribution in [0.25, 0.3) is 0 Å². The van der Waals surface area contributed by atoms with E-state index in [-0.39, 0.29) is 0 Å². The van der Waals surface area contributed by atoms with Gasteiger partial charge in [0.15, 0.2) is 0 Å². The number of aryl methyl sites for hydroxylation is 1. The maximum atomic E-state index is 11.5. The smallest absolute Gasteiger partial charge is 0.322 e. The largest absolute Gasteiger partial charge is 0.480 e. The predicted molar refractivity (Wildman–Crippen MR) is 77.4 cm³/mol. The summed E-state index contributed by atoms with van der Waals surface area (Å²) in [7, 11) is 0. The molecule has 0 fully saturated rings. The molecule has 3 rings (SSSR count). The molecular weight excluding hydrogens is 344 g/mol. The number of fused-ring (bicyclic) bond motifs is 1. The van der Waals surface area contributed by atoms with Crippen LogP contribution in [-0.2, 0) is 24.4 Å². The van der Waals surface area contributed by atoms with Crippen molar-refractivity contribution in [2.24, 2.45) is 0 Å². The number of halogens is 1. The minimum atomic E-state index is -0.809. The first-order valence-corrected chi connectivity index (χ1v) is 7.81. The molecule has 0 spiro atoms. The molecule has 1 N–H and O–H groups in total. The van der Waals surface area contributed by atoms with Crippen molar-refractivity contribution in [3.05, 3.63) is 32.4 Å². The van der Waals surface area contributed by atoms with Crippen molar-refractivity contribution < 1.29 is 9.90 Å².